The first-order valence-electron chi connectivity index (χ1n) is 5.84. The Morgan fingerprint density at radius 1 is 1.29 bits per heavy atom. The molecule has 1 unspecified atom stereocenters. The minimum atomic E-state index is -5.10. The predicted molar refractivity (Wildman–Crippen MR) is 70.4 cm³/mol. The Hall–Kier alpha value is -1.55. The third-order valence-electron chi connectivity index (χ3n) is 2.57. The fourth-order valence-corrected chi connectivity index (χ4v) is 2.10. The number of esters is 1. The van der Waals surface area contributed by atoms with Gasteiger partial charge in [0.2, 0.25) is 6.10 Å². The van der Waals surface area contributed by atoms with Gasteiger partial charge in [-0.15, -0.1) is 0 Å². The monoisotopic (exact) mass is 324 g/mol. The quantitative estimate of drug-likeness (QED) is 0.492. The molecule has 1 N–H and O–H groups in total. The van der Waals surface area contributed by atoms with Crippen LogP contribution in [0.2, 0.25) is 0 Å². The molecule has 0 radical (unpaired) electrons. The Labute approximate surface area is 120 Å². The van der Waals surface area contributed by atoms with Crippen LogP contribution in [-0.2, 0) is 21.2 Å². The van der Waals surface area contributed by atoms with Gasteiger partial charge >= 0.3 is 12.1 Å². The molecule has 116 valence electrons. The number of alkyl halides is 3. The average Bonchev–Trinajstić information content (AvgIpc) is 2.35. The zero-order valence-electron chi connectivity index (χ0n) is 10.9. The molecular formula is C11H12BF3O5S. The third-order valence-corrected chi connectivity index (χ3v) is 3.30. The Kier molecular flexibility index (Phi) is 5.40. The van der Waals surface area contributed by atoms with Crippen LogP contribution < -0.4 is 0 Å². The number of ether oxygens (including phenoxy) is 1. The van der Waals surface area contributed by atoms with E-state index in [1.54, 1.807) is 12.1 Å². The number of carbonyl (C=O) groups excluding carboxylic acids is 1. The Morgan fingerprint density at radius 3 is 2.19 bits per heavy atom. The van der Waals surface area contributed by atoms with Crippen molar-refractivity contribution in [2.24, 2.45) is 0 Å². The second-order valence-electron chi connectivity index (χ2n) is 4.23. The van der Waals surface area contributed by atoms with Crippen molar-refractivity contribution in [2.75, 3.05) is 5.75 Å². The number of benzene rings is 1. The fourth-order valence-electron chi connectivity index (χ4n) is 1.46. The number of carbonyl (C=O) groups is 1. The Bertz CT molecular complexity index is 597. The highest BCUT2D eigenvalue weighted by molar-refractivity contribution is 7.85. The highest BCUT2D eigenvalue weighted by Gasteiger charge is 2.45. The molecule has 1 rings (SSSR count). The molecule has 21 heavy (non-hydrogen) atoms. The van der Waals surface area contributed by atoms with Gasteiger partial charge in [-0.3, -0.25) is 4.55 Å². The highest BCUT2D eigenvalue weighted by Crippen LogP contribution is 2.25. The molecule has 0 aromatic heterocycles. The van der Waals surface area contributed by atoms with E-state index in [1.165, 1.54) is 12.1 Å². The molecule has 0 amide bonds. The van der Waals surface area contributed by atoms with E-state index in [2.05, 4.69) is 4.74 Å². The third kappa shape index (κ3) is 5.76. The van der Waals surface area contributed by atoms with E-state index in [4.69, 9.17) is 4.55 Å². The van der Waals surface area contributed by atoms with Gasteiger partial charge in [0.1, 0.15) is 13.6 Å². The van der Waals surface area contributed by atoms with Gasteiger partial charge in [0.15, 0.2) is 0 Å². The van der Waals surface area contributed by atoms with E-state index in [1.807, 2.05) is 7.85 Å². The lowest BCUT2D eigenvalue weighted by atomic mass is 9.96. The molecule has 0 saturated heterocycles. The minimum absolute atomic E-state index is 0.142. The first kappa shape index (κ1) is 17.5. The Morgan fingerprint density at radius 2 is 1.81 bits per heavy atom. The van der Waals surface area contributed by atoms with E-state index in [9.17, 15) is 26.4 Å². The lowest BCUT2D eigenvalue weighted by Crippen LogP contribution is -2.39. The van der Waals surface area contributed by atoms with Gasteiger partial charge in [-0.25, -0.2) is 4.79 Å². The molecule has 0 spiro atoms. The second-order valence-corrected chi connectivity index (χ2v) is 5.73. The summed E-state index contributed by atoms with van der Waals surface area (Å²) in [7, 11) is -3.08. The molecule has 1 aromatic rings. The van der Waals surface area contributed by atoms with Gasteiger partial charge in [-0.1, -0.05) is 24.0 Å². The number of rotatable bonds is 5. The number of hydrogen-bond donors (Lipinski definition) is 1. The van der Waals surface area contributed by atoms with E-state index in [0.717, 1.165) is 5.56 Å². The minimum Gasteiger partial charge on any atom is -0.448 e. The maximum Gasteiger partial charge on any atom is 0.426 e. The SMILES string of the molecule is BCc1ccc(C(=O)OC(CS(=O)(=O)O)C(F)(F)F)cc1. The van der Waals surface area contributed by atoms with E-state index in [0.29, 0.717) is 6.32 Å². The van der Waals surface area contributed by atoms with Gasteiger partial charge in [0.25, 0.3) is 10.1 Å². The van der Waals surface area contributed by atoms with Crippen LogP contribution in [0, 0.1) is 0 Å². The zero-order valence-corrected chi connectivity index (χ0v) is 11.7. The van der Waals surface area contributed by atoms with Crippen LogP contribution in [0.3, 0.4) is 0 Å². The van der Waals surface area contributed by atoms with Crippen molar-refractivity contribution in [3.8, 4) is 0 Å². The van der Waals surface area contributed by atoms with Crippen molar-refractivity contribution >= 4 is 23.9 Å². The molecule has 0 aliphatic heterocycles. The largest absolute Gasteiger partial charge is 0.448 e. The van der Waals surface area contributed by atoms with Crippen molar-refractivity contribution in [3.63, 3.8) is 0 Å². The zero-order chi connectivity index (χ0) is 16.3. The van der Waals surface area contributed by atoms with Gasteiger partial charge in [0.05, 0.1) is 5.56 Å². The van der Waals surface area contributed by atoms with Crippen LogP contribution in [0.5, 0.6) is 0 Å². The highest BCUT2D eigenvalue weighted by atomic mass is 32.2. The summed E-state index contributed by atoms with van der Waals surface area (Å²) >= 11 is 0. The number of hydrogen-bond acceptors (Lipinski definition) is 4. The Balaban J connectivity index is 2.89. The smallest absolute Gasteiger partial charge is 0.426 e. The fraction of sp³-hybridized carbons (Fsp3) is 0.364. The second kappa shape index (κ2) is 6.48. The number of halogens is 3. The molecule has 10 heteroatoms. The van der Waals surface area contributed by atoms with Crippen molar-refractivity contribution in [1.82, 2.24) is 0 Å². The van der Waals surface area contributed by atoms with Crippen LogP contribution in [-0.4, -0.2) is 44.8 Å². The molecule has 0 saturated carbocycles. The van der Waals surface area contributed by atoms with Crippen molar-refractivity contribution in [3.05, 3.63) is 35.4 Å². The maximum absolute atomic E-state index is 12.6. The van der Waals surface area contributed by atoms with Gasteiger partial charge in [-0.2, -0.15) is 21.6 Å². The van der Waals surface area contributed by atoms with E-state index in [-0.39, 0.29) is 5.56 Å². The summed E-state index contributed by atoms with van der Waals surface area (Å²) in [5.41, 5.74) is 0.730. The molecule has 1 atom stereocenters. The van der Waals surface area contributed by atoms with Crippen LogP contribution in [0.15, 0.2) is 24.3 Å². The van der Waals surface area contributed by atoms with Crippen LogP contribution >= 0.6 is 0 Å². The van der Waals surface area contributed by atoms with Crippen LogP contribution in [0.1, 0.15) is 15.9 Å². The van der Waals surface area contributed by atoms with E-state index < -0.39 is 34.1 Å². The normalized spacial score (nSPS) is 13.7. The predicted octanol–water partition coefficient (Wildman–Crippen LogP) is 0.795. The first-order chi connectivity index (χ1) is 9.53. The van der Waals surface area contributed by atoms with E-state index >= 15 is 0 Å². The molecule has 0 aliphatic carbocycles. The van der Waals surface area contributed by atoms with Gasteiger partial charge in [0, 0.05) is 0 Å². The molecule has 1 aromatic carbocycles. The van der Waals surface area contributed by atoms with Crippen molar-refractivity contribution in [1.29, 1.82) is 0 Å². The summed E-state index contributed by atoms with van der Waals surface area (Å²) < 4.78 is 71.5. The molecule has 5 nitrogen and oxygen atoms in total. The summed E-state index contributed by atoms with van der Waals surface area (Å²) in [5, 5.41) is 0. The molecule has 0 heterocycles. The lowest BCUT2D eigenvalue weighted by Gasteiger charge is -2.19. The summed E-state index contributed by atoms with van der Waals surface area (Å²) in [6, 6.07) is 5.65. The summed E-state index contributed by atoms with van der Waals surface area (Å²) in [4.78, 5) is 11.6. The molecular weight excluding hydrogens is 312 g/mol. The standard InChI is InChI=1S/C11H12BF3O5S/c12-5-7-1-3-8(4-2-7)10(16)20-9(11(13,14)15)6-21(17,18)19/h1-4,9H,5-6,12H2,(H,17,18,19). The lowest BCUT2D eigenvalue weighted by molar-refractivity contribution is -0.197. The maximum atomic E-state index is 12.6. The van der Waals surface area contributed by atoms with Gasteiger partial charge < -0.3 is 4.74 Å². The van der Waals surface area contributed by atoms with Gasteiger partial charge in [-0.05, 0) is 12.1 Å². The molecule has 0 aliphatic rings. The summed E-state index contributed by atoms with van der Waals surface area (Å²) in [6.07, 6.45) is -7.34. The van der Waals surface area contributed by atoms with Crippen molar-refractivity contribution < 1.29 is 35.7 Å². The summed E-state index contributed by atoms with van der Waals surface area (Å²) in [6.45, 7) is 0. The van der Waals surface area contributed by atoms with Crippen LogP contribution in [0.25, 0.3) is 0 Å². The first-order valence-corrected chi connectivity index (χ1v) is 7.45. The summed E-state index contributed by atoms with van der Waals surface area (Å²) in [5.74, 6) is -3.06. The topological polar surface area (TPSA) is 80.7 Å². The van der Waals surface area contributed by atoms with Crippen molar-refractivity contribution in [2.45, 2.75) is 18.6 Å². The van der Waals surface area contributed by atoms with Crippen LogP contribution in [0.4, 0.5) is 13.2 Å². The molecule has 0 bridgehead atoms. The molecule has 0 fully saturated rings. The average molecular weight is 324 g/mol.